The summed E-state index contributed by atoms with van der Waals surface area (Å²) in [5.41, 5.74) is 2.40. The maximum atomic E-state index is 13.9. The van der Waals surface area contributed by atoms with E-state index in [0.29, 0.717) is 24.6 Å². The number of nitrogens with one attached hydrogen (secondary N) is 1. The average Bonchev–Trinajstić information content (AvgIpc) is 2.65. The fourth-order valence-corrected chi connectivity index (χ4v) is 2.53. The Morgan fingerprint density at radius 1 is 1.26 bits per heavy atom. The molecule has 2 aromatic rings. The lowest BCUT2D eigenvalue weighted by Crippen LogP contribution is -2.38. The molecule has 0 spiro atoms. The molecule has 0 radical (unpaired) electrons. The van der Waals surface area contributed by atoms with Gasteiger partial charge in [-0.05, 0) is 42.3 Å². The van der Waals surface area contributed by atoms with Crippen molar-refractivity contribution in [1.29, 1.82) is 5.26 Å². The number of hydrogen-bond donors (Lipinski definition) is 1. The Balaban J connectivity index is 0.00000364. The molecule has 7 heteroatoms. The Morgan fingerprint density at radius 3 is 2.67 bits per heavy atom. The van der Waals surface area contributed by atoms with Crippen LogP contribution in [-0.2, 0) is 13.1 Å². The van der Waals surface area contributed by atoms with Crippen LogP contribution in [0.4, 0.5) is 4.39 Å². The molecule has 144 valence electrons. The van der Waals surface area contributed by atoms with E-state index in [1.54, 1.807) is 12.1 Å². The van der Waals surface area contributed by atoms with Crippen LogP contribution in [0.25, 0.3) is 0 Å². The molecule has 0 amide bonds. The van der Waals surface area contributed by atoms with Crippen LogP contribution in [0, 0.1) is 17.1 Å². The quantitative estimate of drug-likeness (QED) is 0.385. The van der Waals surface area contributed by atoms with Crippen molar-refractivity contribution in [2.75, 3.05) is 20.7 Å². The predicted molar refractivity (Wildman–Crippen MR) is 116 cm³/mol. The van der Waals surface area contributed by atoms with E-state index in [9.17, 15) is 4.39 Å². The van der Waals surface area contributed by atoms with E-state index in [2.05, 4.69) is 16.4 Å². The Hall–Kier alpha value is -2.34. The molecule has 5 nitrogen and oxygen atoms in total. The van der Waals surface area contributed by atoms with Gasteiger partial charge in [0.15, 0.2) is 17.5 Å². The summed E-state index contributed by atoms with van der Waals surface area (Å²) in [6.07, 6.45) is 0. The van der Waals surface area contributed by atoms with Crippen LogP contribution >= 0.6 is 24.0 Å². The van der Waals surface area contributed by atoms with Gasteiger partial charge in [0.25, 0.3) is 0 Å². The second-order valence-electron chi connectivity index (χ2n) is 5.81. The van der Waals surface area contributed by atoms with E-state index >= 15 is 0 Å². The van der Waals surface area contributed by atoms with E-state index in [1.807, 2.05) is 43.1 Å². The Kier molecular flexibility index (Phi) is 9.58. The van der Waals surface area contributed by atoms with E-state index in [0.717, 1.165) is 17.7 Å². The molecule has 0 atom stereocenters. The molecule has 0 fully saturated rings. The largest absolute Gasteiger partial charge is 0.494 e. The van der Waals surface area contributed by atoms with Crippen molar-refractivity contribution in [3.05, 3.63) is 65.0 Å². The third kappa shape index (κ3) is 6.71. The SMILES string of the molecule is CCNC(=NCc1cccc(C#N)c1)N(C)Cc1ccc(OC)c(F)c1.I. The number of halogens is 2. The minimum absolute atomic E-state index is 0. The molecule has 0 heterocycles. The molecular formula is C20H24FIN4O. The van der Waals surface area contributed by atoms with Gasteiger partial charge in [0, 0.05) is 20.1 Å². The van der Waals surface area contributed by atoms with Gasteiger partial charge in [-0.3, -0.25) is 0 Å². The predicted octanol–water partition coefficient (Wildman–Crippen LogP) is 3.92. The summed E-state index contributed by atoms with van der Waals surface area (Å²) in [5.74, 6) is 0.564. The van der Waals surface area contributed by atoms with E-state index in [-0.39, 0.29) is 35.5 Å². The summed E-state index contributed by atoms with van der Waals surface area (Å²) in [4.78, 5) is 6.54. The standard InChI is InChI=1S/C20H23FN4O.HI/c1-4-23-20(24-13-16-7-5-6-15(10-16)12-22)25(2)14-17-8-9-19(26-3)18(21)11-17;/h5-11H,4,13-14H2,1-3H3,(H,23,24);1H. The first-order valence-corrected chi connectivity index (χ1v) is 8.38. The van der Waals surface area contributed by atoms with Crippen molar-refractivity contribution in [3.8, 4) is 11.8 Å². The minimum atomic E-state index is -0.381. The van der Waals surface area contributed by atoms with E-state index in [1.165, 1.54) is 13.2 Å². The number of rotatable bonds is 6. The Bertz CT molecular complexity index is 820. The van der Waals surface area contributed by atoms with Gasteiger partial charge in [-0.25, -0.2) is 9.38 Å². The normalized spacial score (nSPS) is 10.6. The van der Waals surface area contributed by atoms with Gasteiger partial charge in [-0.15, -0.1) is 24.0 Å². The van der Waals surface area contributed by atoms with Crippen molar-refractivity contribution < 1.29 is 9.13 Å². The first-order chi connectivity index (χ1) is 12.6. The fourth-order valence-electron chi connectivity index (χ4n) is 2.53. The molecule has 0 saturated carbocycles. The molecule has 0 saturated heterocycles. The number of nitrogens with zero attached hydrogens (tertiary/aromatic N) is 3. The number of aliphatic imine (C=N–C) groups is 1. The Labute approximate surface area is 176 Å². The van der Waals surface area contributed by atoms with Crippen LogP contribution in [0.2, 0.25) is 0 Å². The lowest BCUT2D eigenvalue weighted by atomic mass is 10.1. The van der Waals surface area contributed by atoms with Crippen LogP contribution in [-0.4, -0.2) is 31.6 Å². The summed E-state index contributed by atoms with van der Waals surface area (Å²) in [5, 5.41) is 12.2. The van der Waals surface area contributed by atoms with Gasteiger partial charge in [-0.2, -0.15) is 5.26 Å². The lowest BCUT2D eigenvalue weighted by Gasteiger charge is -2.22. The average molecular weight is 482 g/mol. The number of guanidine groups is 1. The highest BCUT2D eigenvalue weighted by atomic mass is 127. The monoisotopic (exact) mass is 482 g/mol. The van der Waals surface area contributed by atoms with Crippen LogP contribution in [0.1, 0.15) is 23.6 Å². The van der Waals surface area contributed by atoms with Gasteiger partial charge in [-0.1, -0.05) is 18.2 Å². The number of ether oxygens (including phenoxy) is 1. The molecule has 2 aromatic carbocycles. The first-order valence-electron chi connectivity index (χ1n) is 8.38. The molecule has 1 N–H and O–H groups in total. The van der Waals surface area contributed by atoms with Crippen molar-refractivity contribution in [2.45, 2.75) is 20.0 Å². The maximum absolute atomic E-state index is 13.9. The van der Waals surface area contributed by atoms with E-state index < -0.39 is 0 Å². The molecule has 2 rings (SSSR count). The zero-order chi connectivity index (χ0) is 18.9. The number of nitriles is 1. The Morgan fingerprint density at radius 2 is 2.04 bits per heavy atom. The summed E-state index contributed by atoms with van der Waals surface area (Å²) in [7, 11) is 3.34. The minimum Gasteiger partial charge on any atom is -0.494 e. The van der Waals surface area contributed by atoms with Gasteiger partial charge in [0.2, 0.25) is 0 Å². The van der Waals surface area contributed by atoms with Gasteiger partial charge < -0.3 is 15.0 Å². The molecular weight excluding hydrogens is 458 g/mol. The summed E-state index contributed by atoms with van der Waals surface area (Å²) < 4.78 is 18.8. The van der Waals surface area contributed by atoms with Crippen molar-refractivity contribution in [2.24, 2.45) is 4.99 Å². The zero-order valence-electron chi connectivity index (χ0n) is 15.7. The highest BCUT2D eigenvalue weighted by molar-refractivity contribution is 14.0. The molecule has 0 aromatic heterocycles. The second kappa shape index (κ2) is 11.4. The molecule has 0 aliphatic heterocycles. The van der Waals surface area contributed by atoms with Crippen LogP contribution in [0.15, 0.2) is 47.5 Å². The molecule has 0 bridgehead atoms. The zero-order valence-corrected chi connectivity index (χ0v) is 18.0. The van der Waals surface area contributed by atoms with E-state index in [4.69, 9.17) is 10.00 Å². The first kappa shape index (κ1) is 22.7. The van der Waals surface area contributed by atoms with Crippen molar-refractivity contribution in [1.82, 2.24) is 10.2 Å². The maximum Gasteiger partial charge on any atom is 0.194 e. The fraction of sp³-hybridized carbons (Fsp3) is 0.300. The number of methoxy groups -OCH3 is 1. The van der Waals surface area contributed by atoms with Crippen LogP contribution in [0.5, 0.6) is 5.75 Å². The smallest absolute Gasteiger partial charge is 0.194 e. The summed E-state index contributed by atoms with van der Waals surface area (Å²) in [6, 6.07) is 14.4. The topological polar surface area (TPSA) is 60.7 Å². The number of hydrogen-bond acceptors (Lipinski definition) is 3. The molecule has 0 aliphatic rings. The number of benzene rings is 2. The molecule has 0 aliphatic carbocycles. The van der Waals surface area contributed by atoms with Gasteiger partial charge >= 0.3 is 0 Å². The third-order valence-corrected chi connectivity index (χ3v) is 3.80. The van der Waals surface area contributed by atoms with Crippen LogP contribution in [0.3, 0.4) is 0 Å². The van der Waals surface area contributed by atoms with Crippen LogP contribution < -0.4 is 10.1 Å². The summed E-state index contributed by atoms with van der Waals surface area (Å²) >= 11 is 0. The third-order valence-electron chi connectivity index (χ3n) is 3.80. The second-order valence-corrected chi connectivity index (χ2v) is 5.81. The molecule has 27 heavy (non-hydrogen) atoms. The van der Waals surface area contributed by atoms with Gasteiger partial charge in [0.1, 0.15) is 0 Å². The summed E-state index contributed by atoms with van der Waals surface area (Å²) in [6.45, 7) is 3.68. The van der Waals surface area contributed by atoms with Crippen molar-refractivity contribution >= 4 is 29.9 Å². The highest BCUT2D eigenvalue weighted by Gasteiger charge is 2.09. The lowest BCUT2D eigenvalue weighted by molar-refractivity contribution is 0.385. The van der Waals surface area contributed by atoms with Crippen molar-refractivity contribution in [3.63, 3.8) is 0 Å². The molecule has 0 unspecified atom stereocenters. The highest BCUT2D eigenvalue weighted by Crippen LogP contribution is 2.18. The van der Waals surface area contributed by atoms with Gasteiger partial charge in [0.05, 0.1) is 25.3 Å².